The van der Waals surface area contributed by atoms with Gasteiger partial charge in [-0.05, 0) is 40.5 Å². The Morgan fingerprint density at radius 1 is 1.12 bits per heavy atom. The highest BCUT2D eigenvalue weighted by atomic mass is 79.9. The zero-order valence-corrected chi connectivity index (χ0v) is 15.2. The third-order valence-corrected chi connectivity index (χ3v) is 4.60. The maximum Gasteiger partial charge on any atom is 0.325 e. The summed E-state index contributed by atoms with van der Waals surface area (Å²) in [5.74, 6) is 0.313. The van der Waals surface area contributed by atoms with Crippen LogP contribution in [0.3, 0.4) is 0 Å². The van der Waals surface area contributed by atoms with Crippen LogP contribution in [0, 0.1) is 0 Å². The number of amides is 3. The largest absolute Gasteiger partial charge is 0.444 e. The molecule has 3 aromatic rings. The van der Waals surface area contributed by atoms with Gasteiger partial charge in [0.1, 0.15) is 12.1 Å². The molecule has 1 saturated heterocycles. The zero-order chi connectivity index (χ0) is 18.3. The van der Waals surface area contributed by atoms with Crippen molar-refractivity contribution in [1.29, 1.82) is 0 Å². The van der Waals surface area contributed by atoms with Crippen molar-refractivity contribution in [2.24, 2.45) is 0 Å². The minimum atomic E-state index is -1.13. The highest BCUT2D eigenvalue weighted by molar-refractivity contribution is 9.10. The SMILES string of the molecule is CC1(c2ccccc2)NC(=O)N(Cc2nnc(-c3ccc(Br)o3)o2)C1=O. The Balaban J connectivity index is 1.57. The van der Waals surface area contributed by atoms with Crippen LogP contribution in [0.5, 0.6) is 0 Å². The highest BCUT2D eigenvalue weighted by Crippen LogP contribution is 2.30. The van der Waals surface area contributed by atoms with Crippen molar-refractivity contribution in [3.8, 4) is 11.7 Å². The standard InChI is InChI=1S/C17H13BrN4O4/c1-17(10-5-3-2-4-6-10)15(23)22(16(24)19-17)9-13-20-21-14(26-13)11-7-8-12(18)25-11/h2-8H,9H2,1H3,(H,19,24). The summed E-state index contributed by atoms with van der Waals surface area (Å²) < 4.78 is 11.4. The second-order valence-corrected chi connectivity index (χ2v) is 6.70. The molecule has 1 atom stereocenters. The number of carbonyl (C=O) groups is 2. The molecule has 1 aromatic carbocycles. The van der Waals surface area contributed by atoms with Gasteiger partial charge in [-0.2, -0.15) is 0 Å². The monoisotopic (exact) mass is 416 g/mol. The zero-order valence-electron chi connectivity index (χ0n) is 13.6. The molecule has 8 nitrogen and oxygen atoms in total. The molecule has 4 rings (SSSR count). The van der Waals surface area contributed by atoms with Crippen LogP contribution >= 0.6 is 15.9 Å². The van der Waals surface area contributed by atoms with Crippen molar-refractivity contribution in [3.05, 3.63) is 58.6 Å². The van der Waals surface area contributed by atoms with Gasteiger partial charge in [-0.25, -0.2) is 4.79 Å². The number of nitrogens with zero attached hydrogens (tertiary/aromatic N) is 3. The summed E-state index contributed by atoms with van der Waals surface area (Å²) in [7, 11) is 0. The van der Waals surface area contributed by atoms with E-state index in [4.69, 9.17) is 8.83 Å². The van der Waals surface area contributed by atoms with Gasteiger partial charge in [-0.3, -0.25) is 9.69 Å². The Labute approximate surface area is 156 Å². The van der Waals surface area contributed by atoms with Gasteiger partial charge in [0.25, 0.3) is 11.8 Å². The molecule has 2 aromatic heterocycles. The van der Waals surface area contributed by atoms with Gasteiger partial charge >= 0.3 is 6.03 Å². The first-order chi connectivity index (χ1) is 12.5. The maximum atomic E-state index is 12.9. The first kappa shape index (κ1) is 16.5. The molecule has 0 aliphatic carbocycles. The van der Waals surface area contributed by atoms with E-state index < -0.39 is 11.6 Å². The van der Waals surface area contributed by atoms with Crippen molar-refractivity contribution in [1.82, 2.24) is 20.4 Å². The molecule has 1 aliphatic heterocycles. The molecule has 0 radical (unpaired) electrons. The fraction of sp³-hybridized carbons (Fsp3) is 0.176. The lowest BCUT2D eigenvalue weighted by atomic mass is 9.92. The predicted molar refractivity (Wildman–Crippen MR) is 92.6 cm³/mol. The highest BCUT2D eigenvalue weighted by Gasteiger charge is 2.49. The van der Waals surface area contributed by atoms with Crippen LogP contribution in [0.15, 0.2) is 56.0 Å². The van der Waals surface area contributed by atoms with Crippen molar-refractivity contribution in [3.63, 3.8) is 0 Å². The molecular formula is C17H13BrN4O4. The van der Waals surface area contributed by atoms with Gasteiger partial charge in [-0.15, -0.1) is 10.2 Å². The number of urea groups is 1. The molecule has 0 bridgehead atoms. The van der Waals surface area contributed by atoms with E-state index >= 15 is 0 Å². The number of benzene rings is 1. The van der Waals surface area contributed by atoms with E-state index in [1.807, 2.05) is 18.2 Å². The minimum Gasteiger partial charge on any atom is -0.444 e. The Bertz CT molecular complexity index is 984. The smallest absolute Gasteiger partial charge is 0.325 e. The third kappa shape index (κ3) is 2.70. The van der Waals surface area contributed by atoms with Crippen LogP contribution in [-0.4, -0.2) is 27.0 Å². The molecule has 0 saturated carbocycles. The lowest BCUT2D eigenvalue weighted by molar-refractivity contribution is -0.131. The number of carbonyl (C=O) groups excluding carboxylic acids is 2. The number of hydrogen-bond acceptors (Lipinski definition) is 6. The number of hydrogen-bond donors (Lipinski definition) is 1. The fourth-order valence-electron chi connectivity index (χ4n) is 2.79. The molecule has 0 spiro atoms. The van der Waals surface area contributed by atoms with Crippen LogP contribution in [0.2, 0.25) is 0 Å². The van der Waals surface area contributed by atoms with E-state index in [9.17, 15) is 9.59 Å². The average molecular weight is 417 g/mol. The number of aromatic nitrogens is 2. The quantitative estimate of drug-likeness (QED) is 0.655. The molecule has 1 N–H and O–H groups in total. The van der Waals surface area contributed by atoms with Crippen LogP contribution in [0.4, 0.5) is 4.79 Å². The third-order valence-electron chi connectivity index (χ3n) is 4.17. The summed E-state index contributed by atoms with van der Waals surface area (Å²) in [6, 6.07) is 11.9. The first-order valence-electron chi connectivity index (χ1n) is 7.75. The van der Waals surface area contributed by atoms with Crippen molar-refractivity contribution >= 4 is 27.9 Å². The summed E-state index contributed by atoms with van der Waals surface area (Å²) in [6.07, 6.45) is 0. The summed E-state index contributed by atoms with van der Waals surface area (Å²) in [5, 5.41) is 10.5. The van der Waals surface area contributed by atoms with Gasteiger partial charge < -0.3 is 14.2 Å². The Morgan fingerprint density at radius 3 is 2.58 bits per heavy atom. The molecule has 1 unspecified atom stereocenters. The fourth-order valence-corrected chi connectivity index (χ4v) is 3.10. The summed E-state index contributed by atoms with van der Waals surface area (Å²) in [4.78, 5) is 26.2. The van der Waals surface area contributed by atoms with Crippen LogP contribution < -0.4 is 5.32 Å². The Kier molecular flexibility index (Phi) is 3.87. The van der Waals surface area contributed by atoms with Gasteiger partial charge in [0.05, 0.1) is 0 Å². The predicted octanol–water partition coefficient (Wildman–Crippen LogP) is 3.06. The lowest BCUT2D eigenvalue weighted by Gasteiger charge is -2.21. The number of rotatable bonds is 4. The van der Waals surface area contributed by atoms with Crippen LogP contribution in [0.1, 0.15) is 18.4 Å². The van der Waals surface area contributed by atoms with Crippen molar-refractivity contribution < 1.29 is 18.4 Å². The number of nitrogens with one attached hydrogen (secondary N) is 1. The van der Waals surface area contributed by atoms with E-state index in [0.29, 0.717) is 16.0 Å². The molecule has 9 heteroatoms. The average Bonchev–Trinajstić information content (AvgIpc) is 3.32. The minimum absolute atomic E-state index is 0.123. The second kappa shape index (κ2) is 6.10. The molecule has 1 fully saturated rings. The summed E-state index contributed by atoms with van der Waals surface area (Å²) in [6.45, 7) is 1.55. The Hall–Kier alpha value is -2.94. The number of halogens is 1. The van der Waals surface area contributed by atoms with Crippen LogP contribution in [-0.2, 0) is 16.9 Å². The Morgan fingerprint density at radius 2 is 1.88 bits per heavy atom. The van der Waals surface area contributed by atoms with E-state index in [-0.39, 0.29) is 24.2 Å². The summed E-state index contributed by atoms with van der Waals surface area (Å²) in [5.41, 5.74) is -0.430. The molecule has 3 heterocycles. The topological polar surface area (TPSA) is 101 Å². The molecule has 132 valence electrons. The second-order valence-electron chi connectivity index (χ2n) is 5.92. The van der Waals surface area contributed by atoms with Gasteiger partial charge in [0.15, 0.2) is 10.4 Å². The van der Waals surface area contributed by atoms with Gasteiger partial charge in [0.2, 0.25) is 5.89 Å². The number of furan rings is 1. The molecule has 26 heavy (non-hydrogen) atoms. The normalized spacial score (nSPS) is 19.8. The summed E-state index contributed by atoms with van der Waals surface area (Å²) >= 11 is 3.20. The van der Waals surface area contributed by atoms with Gasteiger partial charge in [0, 0.05) is 0 Å². The molecule has 3 amide bonds. The molecular weight excluding hydrogens is 404 g/mol. The first-order valence-corrected chi connectivity index (χ1v) is 8.54. The van der Waals surface area contributed by atoms with E-state index in [1.54, 1.807) is 31.2 Å². The van der Waals surface area contributed by atoms with E-state index in [0.717, 1.165) is 4.90 Å². The maximum absolute atomic E-state index is 12.9. The number of imide groups is 1. The van der Waals surface area contributed by atoms with Crippen molar-refractivity contribution in [2.75, 3.05) is 0 Å². The lowest BCUT2D eigenvalue weighted by Crippen LogP contribution is -2.40. The molecule has 1 aliphatic rings. The van der Waals surface area contributed by atoms with Crippen LogP contribution in [0.25, 0.3) is 11.7 Å². The van der Waals surface area contributed by atoms with E-state index in [1.165, 1.54) is 0 Å². The van der Waals surface area contributed by atoms with Gasteiger partial charge in [-0.1, -0.05) is 30.3 Å². The van der Waals surface area contributed by atoms with Crippen molar-refractivity contribution in [2.45, 2.75) is 19.0 Å². The van der Waals surface area contributed by atoms with E-state index in [2.05, 4.69) is 31.4 Å².